The second-order valence-corrected chi connectivity index (χ2v) is 9.17. The van der Waals surface area contributed by atoms with Gasteiger partial charge in [0.1, 0.15) is 11.9 Å². The van der Waals surface area contributed by atoms with Crippen molar-refractivity contribution in [3.63, 3.8) is 0 Å². The van der Waals surface area contributed by atoms with Gasteiger partial charge in [-0.2, -0.15) is 0 Å². The third-order valence-corrected chi connectivity index (χ3v) is 6.74. The Morgan fingerprint density at radius 2 is 1.93 bits per heavy atom. The maximum Gasteiger partial charge on any atom is 0.233 e. The van der Waals surface area contributed by atoms with Crippen LogP contribution in [0.3, 0.4) is 0 Å². The second kappa shape index (κ2) is 7.72. The molecule has 29 heavy (non-hydrogen) atoms. The zero-order valence-electron chi connectivity index (χ0n) is 16.3. The molecule has 0 spiro atoms. The van der Waals surface area contributed by atoms with Gasteiger partial charge in [0.05, 0.1) is 15.6 Å². The minimum atomic E-state index is 0.183. The average Bonchev–Trinajstić information content (AvgIpc) is 3.15. The van der Waals surface area contributed by atoms with Crippen LogP contribution in [0.15, 0.2) is 36.5 Å². The number of thiazole rings is 1. The van der Waals surface area contributed by atoms with Gasteiger partial charge < -0.3 is 15.2 Å². The van der Waals surface area contributed by atoms with Crippen LogP contribution in [0.1, 0.15) is 37.1 Å². The van der Waals surface area contributed by atoms with Gasteiger partial charge in [-0.25, -0.2) is 4.98 Å². The van der Waals surface area contributed by atoms with E-state index in [1.54, 1.807) is 17.4 Å². The Labute approximate surface area is 174 Å². The molecule has 3 aromatic rings. The van der Waals surface area contributed by atoms with Crippen molar-refractivity contribution in [1.29, 1.82) is 0 Å². The zero-order chi connectivity index (χ0) is 19.8. The van der Waals surface area contributed by atoms with Crippen LogP contribution in [-0.4, -0.2) is 38.5 Å². The van der Waals surface area contributed by atoms with Crippen molar-refractivity contribution in [2.45, 2.75) is 57.2 Å². The smallest absolute Gasteiger partial charge is 0.233 e. The molecule has 0 aliphatic carbocycles. The molecule has 1 aromatic carbocycles. The van der Waals surface area contributed by atoms with E-state index in [1.807, 2.05) is 37.4 Å². The quantitative estimate of drug-likeness (QED) is 0.669. The first-order valence-electron chi connectivity index (χ1n) is 10.2. The predicted molar refractivity (Wildman–Crippen MR) is 113 cm³/mol. The molecule has 2 saturated heterocycles. The summed E-state index contributed by atoms with van der Waals surface area (Å²) in [7, 11) is 0. The third-order valence-electron chi connectivity index (χ3n) is 5.78. The highest BCUT2D eigenvalue weighted by Gasteiger charge is 2.32. The summed E-state index contributed by atoms with van der Waals surface area (Å²) in [5.74, 6) is 0.734. The number of rotatable bonds is 4. The molecule has 0 radical (unpaired) electrons. The lowest BCUT2D eigenvalue weighted by Gasteiger charge is -2.39. The van der Waals surface area contributed by atoms with E-state index in [0.717, 1.165) is 28.3 Å². The molecule has 2 aliphatic rings. The van der Waals surface area contributed by atoms with Crippen molar-refractivity contribution in [2.75, 3.05) is 0 Å². The number of hydrogen-bond donors (Lipinski definition) is 2. The number of piperidine rings is 2. The van der Waals surface area contributed by atoms with Crippen molar-refractivity contribution >= 4 is 11.3 Å². The van der Waals surface area contributed by atoms with Gasteiger partial charge >= 0.3 is 0 Å². The number of hydrogen-bond acceptors (Lipinski definition) is 7. The molecule has 5 rings (SSSR count). The number of nitrogens with zero attached hydrogens (tertiary/aromatic N) is 3. The van der Waals surface area contributed by atoms with Crippen molar-refractivity contribution in [2.24, 2.45) is 0 Å². The van der Waals surface area contributed by atoms with E-state index in [-0.39, 0.29) is 11.9 Å². The van der Waals surface area contributed by atoms with Crippen LogP contribution in [0, 0.1) is 6.92 Å². The van der Waals surface area contributed by atoms with Gasteiger partial charge in [0.2, 0.25) is 5.88 Å². The number of fused-ring (bicyclic) bond motifs is 2. The van der Waals surface area contributed by atoms with Crippen LogP contribution in [0.2, 0.25) is 0 Å². The van der Waals surface area contributed by atoms with Gasteiger partial charge in [0, 0.05) is 29.9 Å². The van der Waals surface area contributed by atoms with Gasteiger partial charge in [-0.1, -0.05) is 12.5 Å². The molecule has 0 saturated carbocycles. The lowest BCUT2D eigenvalue weighted by molar-refractivity contribution is 0.0881. The minimum Gasteiger partial charge on any atom is -0.507 e. The molecular weight excluding hydrogens is 384 g/mol. The number of aryl methyl sites for hydroxylation is 1. The molecular formula is C22H24N4O2S. The summed E-state index contributed by atoms with van der Waals surface area (Å²) in [6, 6.07) is 10.4. The molecule has 2 aliphatic heterocycles. The first-order chi connectivity index (χ1) is 14.1. The number of ether oxygens (including phenoxy) is 1. The van der Waals surface area contributed by atoms with E-state index in [0.29, 0.717) is 29.2 Å². The van der Waals surface area contributed by atoms with Gasteiger partial charge in [-0.05, 0) is 56.4 Å². The van der Waals surface area contributed by atoms with Gasteiger partial charge in [-0.3, -0.25) is 0 Å². The number of phenolic OH excluding ortho intramolecular Hbond substituents is 1. The Morgan fingerprint density at radius 3 is 2.59 bits per heavy atom. The van der Waals surface area contributed by atoms with Gasteiger partial charge in [-0.15, -0.1) is 21.5 Å². The first-order valence-corrected chi connectivity index (χ1v) is 11.0. The molecule has 0 amide bonds. The molecule has 2 bridgehead atoms. The van der Waals surface area contributed by atoms with Gasteiger partial charge in [0.25, 0.3) is 0 Å². The van der Waals surface area contributed by atoms with Crippen LogP contribution in [0.5, 0.6) is 11.6 Å². The molecule has 150 valence electrons. The van der Waals surface area contributed by atoms with Crippen LogP contribution in [0.25, 0.3) is 21.7 Å². The third kappa shape index (κ3) is 3.97. The predicted octanol–water partition coefficient (Wildman–Crippen LogP) is 4.33. The van der Waals surface area contributed by atoms with Crippen molar-refractivity contribution in [1.82, 2.24) is 20.5 Å². The van der Waals surface area contributed by atoms with E-state index in [4.69, 9.17) is 4.74 Å². The van der Waals surface area contributed by atoms with Crippen LogP contribution >= 0.6 is 11.3 Å². The van der Waals surface area contributed by atoms with Crippen LogP contribution < -0.4 is 10.1 Å². The normalized spacial score (nSPS) is 23.7. The summed E-state index contributed by atoms with van der Waals surface area (Å²) in [5, 5.41) is 23.7. The fraction of sp³-hybridized carbons (Fsp3) is 0.409. The van der Waals surface area contributed by atoms with E-state index >= 15 is 0 Å². The fourth-order valence-electron chi connectivity index (χ4n) is 4.40. The first kappa shape index (κ1) is 18.5. The molecule has 2 unspecified atom stereocenters. The number of aromatic hydroxyl groups is 1. The highest BCUT2D eigenvalue weighted by atomic mass is 32.1. The fourth-order valence-corrected chi connectivity index (χ4v) is 5.18. The van der Waals surface area contributed by atoms with Crippen molar-refractivity contribution in [3.05, 3.63) is 41.5 Å². The summed E-state index contributed by atoms with van der Waals surface area (Å²) >= 11 is 1.60. The molecule has 6 nitrogen and oxygen atoms in total. The maximum absolute atomic E-state index is 10.5. The Morgan fingerprint density at radius 1 is 1.10 bits per heavy atom. The zero-order valence-corrected chi connectivity index (χ0v) is 17.2. The Bertz CT molecular complexity index is 992. The highest BCUT2D eigenvalue weighted by molar-refractivity contribution is 7.15. The summed E-state index contributed by atoms with van der Waals surface area (Å²) in [4.78, 5) is 5.31. The average molecular weight is 409 g/mol. The topological polar surface area (TPSA) is 80.2 Å². The van der Waals surface area contributed by atoms with Crippen molar-refractivity contribution in [3.8, 4) is 33.3 Å². The number of benzene rings is 1. The summed E-state index contributed by atoms with van der Waals surface area (Å²) in [6.07, 6.45) is 7.86. The Hall–Kier alpha value is -2.51. The number of aromatic nitrogens is 3. The van der Waals surface area contributed by atoms with Crippen LogP contribution in [0.4, 0.5) is 0 Å². The molecule has 2 atom stereocenters. The summed E-state index contributed by atoms with van der Waals surface area (Å²) in [5.41, 5.74) is 2.23. The second-order valence-electron chi connectivity index (χ2n) is 7.93. The summed E-state index contributed by atoms with van der Waals surface area (Å²) in [6.45, 7) is 1.97. The van der Waals surface area contributed by atoms with E-state index in [2.05, 4.69) is 20.5 Å². The minimum absolute atomic E-state index is 0.183. The number of phenols is 1. The maximum atomic E-state index is 10.5. The SMILES string of the molecule is Cc1ncc(-c2ccc(-c3ccc(OC4CC5CCCC(C4)N5)nn3)c(O)c2)s1. The molecule has 2 N–H and O–H groups in total. The Balaban J connectivity index is 1.30. The monoisotopic (exact) mass is 408 g/mol. The molecule has 2 aromatic heterocycles. The van der Waals surface area contributed by atoms with E-state index in [1.165, 1.54) is 19.3 Å². The van der Waals surface area contributed by atoms with Crippen LogP contribution in [-0.2, 0) is 0 Å². The largest absolute Gasteiger partial charge is 0.507 e. The molecule has 4 heterocycles. The standard InChI is InChI=1S/C22H24N4O2S/c1-13-23-12-21(29-13)14-5-6-18(20(27)9-14)19-7-8-22(26-25-19)28-17-10-15-3-2-4-16(11-17)24-15/h5-9,12,15-17,24,27H,2-4,10-11H2,1H3. The molecule has 2 fully saturated rings. The van der Waals surface area contributed by atoms with Crippen molar-refractivity contribution < 1.29 is 9.84 Å². The van der Waals surface area contributed by atoms with E-state index < -0.39 is 0 Å². The van der Waals surface area contributed by atoms with Gasteiger partial charge in [0.15, 0.2) is 0 Å². The lowest BCUT2D eigenvalue weighted by Crippen LogP contribution is -2.51. The summed E-state index contributed by atoms with van der Waals surface area (Å²) < 4.78 is 6.11. The van der Waals surface area contributed by atoms with E-state index in [9.17, 15) is 5.11 Å². The highest BCUT2D eigenvalue weighted by Crippen LogP contribution is 2.35. The molecule has 7 heteroatoms. The lowest BCUT2D eigenvalue weighted by atomic mass is 9.85. The Kier molecular flexibility index (Phi) is 4.93. The number of nitrogens with one attached hydrogen (secondary N) is 1.